The van der Waals surface area contributed by atoms with Crippen LogP contribution in [0.25, 0.3) is 0 Å². The maximum absolute atomic E-state index is 11.6. The van der Waals surface area contributed by atoms with Gasteiger partial charge in [0.15, 0.2) is 0 Å². The van der Waals surface area contributed by atoms with Gasteiger partial charge in [0.2, 0.25) is 5.91 Å². The van der Waals surface area contributed by atoms with Crippen LogP contribution in [0.2, 0.25) is 0 Å². The Morgan fingerprint density at radius 2 is 2.33 bits per heavy atom. The van der Waals surface area contributed by atoms with Gasteiger partial charge in [-0.3, -0.25) is 9.69 Å². The van der Waals surface area contributed by atoms with E-state index in [1.54, 1.807) is 6.08 Å². The zero-order chi connectivity index (χ0) is 15.2. The van der Waals surface area contributed by atoms with Crippen LogP contribution in [0.1, 0.15) is 33.0 Å². The highest BCUT2D eigenvalue weighted by atomic mass is 16.1. The Morgan fingerprint density at radius 1 is 1.52 bits per heavy atom. The molecule has 0 spiro atoms. The number of hydrogen-bond donors (Lipinski definition) is 1. The standard InChI is InChI=1S/C16H26N4O/c1-4-20-8-6-17-15(20)12-19-7-5-14(11-19)10-18-16(21)9-13(2)3/h6,8-9,14H,4-5,7,10-12H2,1-3H3,(H,18,21)/t14-/m1/s1. The van der Waals surface area contributed by atoms with Gasteiger partial charge in [0, 0.05) is 38.1 Å². The fraction of sp³-hybridized carbons (Fsp3) is 0.625. The van der Waals surface area contributed by atoms with Gasteiger partial charge in [-0.1, -0.05) is 5.57 Å². The number of allylic oxidation sites excluding steroid dienone is 1. The number of rotatable bonds is 6. The summed E-state index contributed by atoms with van der Waals surface area (Å²) in [6.07, 6.45) is 6.70. The molecule has 1 aliphatic heterocycles. The smallest absolute Gasteiger partial charge is 0.243 e. The highest BCUT2D eigenvalue weighted by molar-refractivity contribution is 5.87. The average Bonchev–Trinajstić information content (AvgIpc) is 3.05. The second-order valence-electron chi connectivity index (χ2n) is 5.99. The Kier molecular flexibility index (Phi) is 5.56. The molecule has 1 aliphatic rings. The molecule has 1 aromatic heterocycles. The Morgan fingerprint density at radius 3 is 3.05 bits per heavy atom. The first-order valence-electron chi connectivity index (χ1n) is 7.73. The number of aryl methyl sites for hydroxylation is 1. The molecule has 1 fully saturated rings. The van der Waals surface area contributed by atoms with E-state index in [-0.39, 0.29) is 5.91 Å². The number of carbonyl (C=O) groups excluding carboxylic acids is 1. The molecule has 0 unspecified atom stereocenters. The molecule has 1 aromatic rings. The van der Waals surface area contributed by atoms with E-state index < -0.39 is 0 Å². The predicted octanol–water partition coefficient (Wildman–Crippen LogP) is 1.81. The van der Waals surface area contributed by atoms with Gasteiger partial charge >= 0.3 is 0 Å². The molecule has 116 valence electrons. The van der Waals surface area contributed by atoms with E-state index >= 15 is 0 Å². The molecule has 0 bridgehead atoms. The van der Waals surface area contributed by atoms with Crippen molar-refractivity contribution < 1.29 is 4.79 Å². The quantitative estimate of drug-likeness (QED) is 0.813. The Labute approximate surface area is 127 Å². The van der Waals surface area contributed by atoms with E-state index in [0.29, 0.717) is 5.92 Å². The third kappa shape index (κ3) is 4.70. The van der Waals surface area contributed by atoms with E-state index in [9.17, 15) is 4.79 Å². The highest BCUT2D eigenvalue weighted by Gasteiger charge is 2.23. The molecule has 2 heterocycles. The molecule has 21 heavy (non-hydrogen) atoms. The molecule has 2 rings (SSSR count). The predicted molar refractivity (Wildman–Crippen MR) is 83.7 cm³/mol. The Bertz CT molecular complexity index is 502. The summed E-state index contributed by atoms with van der Waals surface area (Å²) < 4.78 is 2.18. The highest BCUT2D eigenvalue weighted by Crippen LogP contribution is 2.17. The van der Waals surface area contributed by atoms with Gasteiger partial charge in [-0.15, -0.1) is 0 Å². The van der Waals surface area contributed by atoms with Crippen LogP contribution < -0.4 is 5.32 Å². The molecule has 1 N–H and O–H groups in total. The average molecular weight is 290 g/mol. The Hall–Kier alpha value is -1.62. The maximum Gasteiger partial charge on any atom is 0.243 e. The molecule has 1 atom stereocenters. The second-order valence-corrected chi connectivity index (χ2v) is 5.99. The van der Waals surface area contributed by atoms with E-state index in [4.69, 9.17) is 0 Å². The first-order valence-corrected chi connectivity index (χ1v) is 7.73. The number of aromatic nitrogens is 2. The van der Waals surface area contributed by atoms with Crippen LogP contribution in [-0.4, -0.2) is 40.0 Å². The van der Waals surface area contributed by atoms with Crippen molar-refractivity contribution in [2.75, 3.05) is 19.6 Å². The summed E-state index contributed by atoms with van der Waals surface area (Å²) in [5.41, 5.74) is 1.03. The van der Waals surface area contributed by atoms with Crippen LogP contribution in [0.5, 0.6) is 0 Å². The summed E-state index contributed by atoms with van der Waals surface area (Å²) in [7, 11) is 0. The fourth-order valence-electron chi connectivity index (χ4n) is 2.76. The van der Waals surface area contributed by atoms with Gasteiger partial charge in [-0.2, -0.15) is 0 Å². The number of amides is 1. The maximum atomic E-state index is 11.6. The van der Waals surface area contributed by atoms with Crippen LogP contribution >= 0.6 is 0 Å². The van der Waals surface area contributed by atoms with Gasteiger partial charge in [0.1, 0.15) is 5.82 Å². The van der Waals surface area contributed by atoms with Gasteiger partial charge in [-0.05, 0) is 39.7 Å². The molecule has 0 saturated carbocycles. The lowest BCUT2D eigenvalue weighted by Crippen LogP contribution is -2.30. The number of likely N-dealkylation sites (tertiary alicyclic amines) is 1. The van der Waals surface area contributed by atoms with E-state index in [0.717, 1.165) is 50.5 Å². The minimum Gasteiger partial charge on any atom is -0.352 e. The minimum absolute atomic E-state index is 0.0231. The first kappa shape index (κ1) is 15.8. The van der Waals surface area contributed by atoms with E-state index in [1.165, 1.54) is 0 Å². The van der Waals surface area contributed by atoms with Gasteiger partial charge in [-0.25, -0.2) is 4.98 Å². The van der Waals surface area contributed by atoms with Crippen LogP contribution in [0, 0.1) is 5.92 Å². The van der Waals surface area contributed by atoms with Gasteiger partial charge in [0.25, 0.3) is 0 Å². The number of hydrogen-bond acceptors (Lipinski definition) is 3. The summed E-state index contributed by atoms with van der Waals surface area (Å²) >= 11 is 0. The molecular formula is C16H26N4O. The lowest BCUT2D eigenvalue weighted by atomic mass is 10.1. The number of imidazole rings is 1. The van der Waals surface area contributed by atoms with E-state index in [1.807, 2.05) is 26.2 Å². The summed E-state index contributed by atoms with van der Waals surface area (Å²) in [6.45, 7) is 10.8. The van der Waals surface area contributed by atoms with Crippen LogP contribution in [-0.2, 0) is 17.9 Å². The topological polar surface area (TPSA) is 50.2 Å². The second kappa shape index (κ2) is 7.41. The lowest BCUT2D eigenvalue weighted by Gasteiger charge is -2.16. The van der Waals surface area contributed by atoms with Crippen molar-refractivity contribution in [3.63, 3.8) is 0 Å². The van der Waals surface area contributed by atoms with Crippen molar-refractivity contribution in [1.82, 2.24) is 19.8 Å². The lowest BCUT2D eigenvalue weighted by molar-refractivity contribution is -0.116. The summed E-state index contributed by atoms with van der Waals surface area (Å²) in [5, 5.41) is 3.00. The SMILES string of the molecule is CCn1ccnc1CN1CC[C@H](CNC(=O)C=C(C)C)C1. The van der Waals surface area contributed by atoms with Crippen molar-refractivity contribution >= 4 is 5.91 Å². The first-order chi connectivity index (χ1) is 10.1. The molecule has 1 amide bonds. The minimum atomic E-state index is 0.0231. The summed E-state index contributed by atoms with van der Waals surface area (Å²) in [6, 6.07) is 0. The zero-order valence-corrected chi connectivity index (χ0v) is 13.3. The van der Waals surface area contributed by atoms with Crippen molar-refractivity contribution in [3.05, 3.63) is 29.9 Å². The van der Waals surface area contributed by atoms with Crippen LogP contribution in [0.15, 0.2) is 24.0 Å². The molecule has 0 radical (unpaired) electrons. The number of nitrogens with zero attached hydrogens (tertiary/aromatic N) is 3. The summed E-state index contributed by atoms with van der Waals surface area (Å²) in [5.74, 6) is 1.70. The molecular weight excluding hydrogens is 264 g/mol. The van der Waals surface area contributed by atoms with Crippen molar-refractivity contribution in [3.8, 4) is 0 Å². The van der Waals surface area contributed by atoms with E-state index in [2.05, 4.69) is 26.7 Å². The summed E-state index contributed by atoms with van der Waals surface area (Å²) in [4.78, 5) is 18.5. The normalized spacial score (nSPS) is 18.7. The zero-order valence-electron chi connectivity index (χ0n) is 13.3. The van der Waals surface area contributed by atoms with Gasteiger partial charge < -0.3 is 9.88 Å². The van der Waals surface area contributed by atoms with Crippen molar-refractivity contribution in [2.45, 2.75) is 40.3 Å². The monoisotopic (exact) mass is 290 g/mol. The van der Waals surface area contributed by atoms with Gasteiger partial charge in [0.05, 0.1) is 6.54 Å². The molecule has 0 aliphatic carbocycles. The molecule has 1 saturated heterocycles. The molecule has 0 aromatic carbocycles. The van der Waals surface area contributed by atoms with Crippen LogP contribution in [0.4, 0.5) is 0 Å². The van der Waals surface area contributed by atoms with Crippen molar-refractivity contribution in [1.29, 1.82) is 0 Å². The fourth-order valence-corrected chi connectivity index (χ4v) is 2.76. The Balaban J connectivity index is 1.76. The third-order valence-corrected chi connectivity index (χ3v) is 3.86. The number of nitrogens with one attached hydrogen (secondary N) is 1. The van der Waals surface area contributed by atoms with Crippen LogP contribution in [0.3, 0.4) is 0 Å². The van der Waals surface area contributed by atoms with Crippen molar-refractivity contribution in [2.24, 2.45) is 5.92 Å². The third-order valence-electron chi connectivity index (χ3n) is 3.86. The molecule has 5 nitrogen and oxygen atoms in total. The largest absolute Gasteiger partial charge is 0.352 e. The molecule has 5 heteroatoms. The number of carbonyl (C=O) groups is 1.